The third kappa shape index (κ3) is 3.13. The van der Waals surface area contributed by atoms with Gasteiger partial charge < -0.3 is 4.74 Å². The molecule has 0 saturated carbocycles. The summed E-state index contributed by atoms with van der Waals surface area (Å²) in [6.07, 6.45) is 1.05. The van der Waals surface area contributed by atoms with Crippen LogP contribution in [0.2, 0.25) is 0 Å². The number of morpholine rings is 1. The molecule has 0 atom stereocenters. The van der Waals surface area contributed by atoms with Crippen LogP contribution >= 0.6 is 0 Å². The quantitative estimate of drug-likeness (QED) is 0.816. The van der Waals surface area contributed by atoms with E-state index in [1.54, 1.807) is 6.92 Å². The molecule has 0 amide bonds. The molecule has 1 aromatic carbocycles. The average molecular weight is 352 g/mol. The van der Waals surface area contributed by atoms with Gasteiger partial charge in [-0.2, -0.15) is 17.0 Å². The highest BCUT2D eigenvalue weighted by Crippen LogP contribution is 2.37. The smallest absolute Gasteiger partial charge is 0.282 e. The normalized spacial score (nSPS) is 23.0. The monoisotopic (exact) mass is 352 g/mol. The Morgan fingerprint density at radius 1 is 1.00 bits per heavy atom. The van der Waals surface area contributed by atoms with Gasteiger partial charge in [-0.1, -0.05) is 30.3 Å². The lowest BCUT2D eigenvalue weighted by atomic mass is 9.70. The van der Waals surface area contributed by atoms with E-state index in [-0.39, 0.29) is 5.78 Å². The Morgan fingerprint density at radius 2 is 1.54 bits per heavy atom. The van der Waals surface area contributed by atoms with Crippen LogP contribution in [-0.2, 0) is 25.2 Å². The van der Waals surface area contributed by atoms with Crippen LogP contribution in [-0.4, -0.2) is 62.2 Å². The predicted octanol–water partition coefficient (Wildman–Crippen LogP) is 1.19. The van der Waals surface area contributed by atoms with Gasteiger partial charge in [0.1, 0.15) is 5.78 Å². The van der Waals surface area contributed by atoms with Crippen LogP contribution in [0, 0.1) is 0 Å². The lowest BCUT2D eigenvalue weighted by molar-refractivity contribution is -0.123. The van der Waals surface area contributed by atoms with Crippen LogP contribution in [0.25, 0.3) is 0 Å². The summed E-state index contributed by atoms with van der Waals surface area (Å²) in [6, 6.07) is 9.71. The molecule has 3 rings (SSSR count). The first-order valence-electron chi connectivity index (χ1n) is 8.36. The highest BCUT2D eigenvalue weighted by Gasteiger charge is 2.44. The summed E-state index contributed by atoms with van der Waals surface area (Å²) in [5.74, 6) is 0.108. The lowest BCUT2D eigenvalue weighted by Gasteiger charge is -2.41. The second-order valence-electron chi connectivity index (χ2n) is 6.42. The first-order chi connectivity index (χ1) is 11.5. The van der Waals surface area contributed by atoms with Crippen LogP contribution in [0.4, 0.5) is 0 Å². The Bertz CT molecular complexity index is 676. The zero-order chi connectivity index (χ0) is 17.2. The van der Waals surface area contributed by atoms with E-state index >= 15 is 0 Å². The van der Waals surface area contributed by atoms with Gasteiger partial charge in [0, 0.05) is 26.2 Å². The molecule has 2 aliphatic rings. The molecular formula is C17H24N2O4S. The van der Waals surface area contributed by atoms with Crippen LogP contribution in [0.5, 0.6) is 0 Å². The minimum absolute atomic E-state index is 0.108. The van der Waals surface area contributed by atoms with Gasteiger partial charge in [0.05, 0.1) is 18.6 Å². The van der Waals surface area contributed by atoms with E-state index in [1.807, 2.05) is 30.3 Å². The highest BCUT2D eigenvalue weighted by molar-refractivity contribution is 7.86. The number of benzene rings is 1. The van der Waals surface area contributed by atoms with Crippen molar-refractivity contribution in [2.75, 3.05) is 39.4 Å². The summed E-state index contributed by atoms with van der Waals surface area (Å²) in [7, 11) is -3.47. The number of ketones is 1. The molecule has 24 heavy (non-hydrogen) atoms. The molecule has 0 radical (unpaired) electrons. The fourth-order valence-corrected chi connectivity index (χ4v) is 5.22. The minimum Gasteiger partial charge on any atom is -0.379 e. The van der Waals surface area contributed by atoms with E-state index in [4.69, 9.17) is 4.74 Å². The van der Waals surface area contributed by atoms with Gasteiger partial charge in [0.15, 0.2) is 0 Å². The second-order valence-corrected chi connectivity index (χ2v) is 8.35. The highest BCUT2D eigenvalue weighted by atomic mass is 32.2. The second kappa shape index (κ2) is 6.92. The van der Waals surface area contributed by atoms with Crippen molar-refractivity contribution in [2.24, 2.45) is 0 Å². The molecule has 2 saturated heterocycles. The number of piperidine rings is 1. The molecule has 2 heterocycles. The largest absolute Gasteiger partial charge is 0.379 e. The molecule has 2 aliphatic heterocycles. The van der Waals surface area contributed by atoms with Gasteiger partial charge in [0.2, 0.25) is 0 Å². The van der Waals surface area contributed by atoms with Crippen molar-refractivity contribution in [1.29, 1.82) is 0 Å². The number of carbonyl (C=O) groups excluding carboxylic acids is 1. The first-order valence-corrected chi connectivity index (χ1v) is 9.76. The molecule has 0 N–H and O–H groups in total. The van der Waals surface area contributed by atoms with Crippen LogP contribution in [0.15, 0.2) is 30.3 Å². The number of rotatable bonds is 4. The predicted molar refractivity (Wildman–Crippen MR) is 90.9 cm³/mol. The Labute approximate surface area is 143 Å². The number of hydrogen-bond donors (Lipinski definition) is 0. The van der Waals surface area contributed by atoms with Crippen LogP contribution in [0.1, 0.15) is 25.3 Å². The minimum atomic E-state index is -3.47. The van der Waals surface area contributed by atoms with Crippen molar-refractivity contribution in [3.8, 4) is 0 Å². The van der Waals surface area contributed by atoms with Crippen molar-refractivity contribution < 1.29 is 17.9 Å². The van der Waals surface area contributed by atoms with Gasteiger partial charge in [-0.05, 0) is 25.3 Å². The zero-order valence-electron chi connectivity index (χ0n) is 14.0. The summed E-state index contributed by atoms with van der Waals surface area (Å²) in [6.45, 7) is 4.02. The van der Waals surface area contributed by atoms with Gasteiger partial charge in [-0.25, -0.2) is 0 Å². The topological polar surface area (TPSA) is 66.9 Å². The lowest BCUT2D eigenvalue weighted by Crippen LogP contribution is -2.54. The first kappa shape index (κ1) is 17.5. The Morgan fingerprint density at radius 3 is 2.08 bits per heavy atom. The van der Waals surface area contributed by atoms with E-state index in [0.29, 0.717) is 52.2 Å². The summed E-state index contributed by atoms with van der Waals surface area (Å²) < 4.78 is 33.8. The number of nitrogens with zero attached hydrogens (tertiary/aromatic N) is 2. The molecule has 0 spiro atoms. The number of carbonyl (C=O) groups is 1. The van der Waals surface area contributed by atoms with Crippen molar-refractivity contribution in [1.82, 2.24) is 8.61 Å². The zero-order valence-corrected chi connectivity index (χ0v) is 14.8. The van der Waals surface area contributed by atoms with E-state index < -0.39 is 15.6 Å². The maximum Gasteiger partial charge on any atom is 0.282 e. The van der Waals surface area contributed by atoms with Crippen molar-refractivity contribution in [3.63, 3.8) is 0 Å². The molecule has 0 aromatic heterocycles. The summed E-state index contributed by atoms with van der Waals surface area (Å²) >= 11 is 0. The van der Waals surface area contributed by atoms with Gasteiger partial charge in [0.25, 0.3) is 10.2 Å². The maximum atomic E-state index is 12.8. The van der Waals surface area contributed by atoms with E-state index in [0.717, 1.165) is 5.56 Å². The average Bonchev–Trinajstić information content (AvgIpc) is 2.63. The fraction of sp³-hybridized carbons (Fsp3) is 0.588. The number of Topliss-reactive ketones (excluding diaryl/α,β-unsaturated/α-hetero) is 1. The number of ether oxygens (including phenoxy) is 1. The van der Waals surface area contributed by atoms with Crippen molar-refractivity contribution in [3.05, 3.63) is 35.9 Å². The summed E-state index contributed by atoms with van der Waals surface area (Å²) in [4.78, 5) is 12.4. The van der Waals surface area contributed by atoms with Crippen molar-refractivity contribution in [2.45, 2.75) is 25.2 Å². The van der Waals surface area contributed by atoms with E-state index in [1.165, 1.54) is 8.61 Å². The van der Waals surface area contributed by atoms with Crippen molar-refractivity contribution >= 4 is 16.0 Å². The Hall–Kier alpha value is -1.28. The molecule has 0 unspecified atom stereocenters. The maximum absolute atomic E-state index is 12.8. The molecule has 6 nitrogen and oxygen atoms in total. The van der Waals surface area contributed by atoms with E-state index in [9.17, 15) is 13.2 Å². The third-order valence-corrected chi connectivity index (χ3v) is 7.23. The summed E-state index contributed by atoms with van der Waals surface area (Å²) in [5, 5.41) is 0. The number of hydrogen-bond acceptors (Lipinski definition) is 4. The van der Waals surface area contributed by atoms with E-state index in [2.05, 4.69) is 0 Å². The molecule has 132 valence electrons. The molecule has 0 bridgehead atoms. The Kier molecular flexibility index (Phi) is 5.05. The molecule has 2 fully saturated rings. The third-order valence-electron chi connectivity index (χ3n) is 5.20. The Balaban J connectivity index is 1.77. The van der Waals surface area contributed by atoms with Gasteiger partial charge in [-0.15, -0.1) is 0 Å². The molecular weight excluding hydrogens is 328 g/mol. The summed E-state index contributed by atoms with van der Waals surface area (Å²) in [5.41, 5.74) is 0.416. The molecule has 1 aromatic rings. The van der Waals surface area contributed by atoms with Crippen LogP contribution < -0.4 is 0 Å². The van der Waals surface area contributed by atoms with Gasteiger partial charge in [-0.3, -0.25) is 4.79 Å². The molecule has 0 aliphatic carbocycles. The van der Waals surface area contributed by atoms with Gasteiger partial charge >= 0.3 is 0 Å². The standard InChI is InChI=1S/C17H24N2O4S/c1-15(20)17(16-5-3-2-4-6-16)7-9-18(10-8-17)24(21,22)19-11-13-23-14-12-19/h2-6H,7-14H2,1H3. The fourth-order valence-electron chi connectivity index (χ4n) is 3.64. The molecule has 7 heteroatoms. The van der Waals surface area contributed by atoms with Crippen LogP contribution in [0.3, 0.4) is 0 Å². The SMILES string of the molecule is CC(=O)C1(c2ccccc2)CCN(S(=O)(=O)N2CCOCC2)CC1.